The molecule has 2 amide bonds. The van der Waals surface area contributed by atoms with Gasteiger partial charge >= 0.3 is 5.51 Å². The maximum Gasteiger partial charge on any atom is 0.446 e. The first-order chi connectivity index (χ1) is 13.8. The Morgan fingerprint density at radius 3 is 2.21 bits per heavy atom. The van der Waals surface area contributed by atoms with Gasteiger partial charge in [0.15, 0.2) is 0 Å². The minimum Gasteiger partial charge on any atom is -0.341 e. The molecule has 3 rings (SSSR count). The van der Waals surface area contributed by atoms with Crippen LogP contribution >= 0.6 is 23.5 Å². The maximum absolute atomic E-state index is 12.4. The number of rotatable bonds is 5. The van der Waals surface area contributed by atoms with E-state index < -0.39 is 11.4 Å². The molecule has 0 spiro atoms. The molecular formula is C20H19F3N2O2S2. The van der Waals surface area contributed by atoms with Crippen molar-refractivity contribution in [2.45, 2.75) is 16.8 Å². The highest BCUT2D eigenvalue weighted by Crippen LogP contribution is 2.36. The number of carbonyl (C=O) groups is 2. The number of benzene rings is 2. The van der Waals surface area contributed by atoms with Crippen molar-refractivity contribution in [1.29, 1.82) is 0 Å². The summed E-state index contributed by atoms with van der Waals surface area (Å²) in [5, 5.41) is 2.70. The molecule has 0 atom stereocenters. The summed E-state index contributed by atoms with van der Waals surface area (Å²) in [6.07, 6.45) is 0.317. The molecule has 0 saturated carbocycles. The van der Waals surface area contributed by atoms with Gasteiger partial charge < -0.3 is 10.2 Å². The first kappa shape index (κ1) is 21.6. The molecule has 1 aliphatic heterocycles. The SMILES string of the molecule is O=C(Nc1ccc(CC(=O)N2CCSCC2)cc1)c1ccc(SC(F)(F)F)cc1. The standard InChI is InChI=1S/C20H19F3N2O2S2/c21-20(22,23)29-17-7-3-15(4-8-17)19(27)24-16-5-1-14(2-6-16)13-18(26)25-9-11-28-12-10-25/h1-8H,9-13H2,(H,24,27). The van der Waals surface area contributed by atoms with Crippen LogP contribution in [0.25, 0.3) is 0 Å². The Balaban J connectivity index is 1.55. The third-order valence-electron chi connectivity index (χ3n) is 4.28. The highest BCUT2D eigenvalue weighted by molar-refractivity contribution is 8.00. The van der Waals surface area contributed by atoms with Gasteiger partial charge in [-0.05, 0) is 53.7 Å². The monoisotopic (exact) mass is 440 g/mol. The molecule has 2 aromatic carbocycles. The second-order valence-corrected chi connectivity index (χ2v) is 8.76. The van der Waals surface area contributed by atoms with Gasteiger partial charge in [-0.2, -0.15) is 24.9 Å². The average molecular weight is 441 g/mol. The van der Waals surface area contributed by atoms with Crippen LogP contribution in [0.3, 0.4) is 0 Å². The molecule has 1 fully saturated rings. The van der Waals surface area contributed by atoms with Crippen molar-refractivity contribution in [2.24, 2.45) is 0 Å². The van der Waals surface area contributed by atoms with Crippen molar-refractivity contribution in [2.75, 3.05) is 29.9 Å². The van der Waals surface area contributed by atoms with Crippen LogP contribution in [-0.2, 0) is 11.2 Å². The van der Waals surface area contributed by atoms with Crippen LogP contribution in [0.5, 0.6) is 0 Å². The van der Waals surface area contributed by atoms with E-state index in [-0.39, 0.29) is 28.1 Å². The molecule has 2 aromatic rings. The quantitative estimate of drug-likeness (QED) is 0.687. The molecule has 1 heterocycles. The average Bonchev–Trinajstić information content (AvgIpc) is 2.69. The Morgan fingerprint density at radius 2 is 1.62 bits per heavy atom. The molecule has 29 heavy (non-hydrogen) atoms. The molecule has 0 radical (unpaired) electrons. The summed E-state index contributed by atoms with van der Waals surface area (Å²) in [4.78, 5) is 26.5. The van der Waals surface area contributed by atoms with E-state index in [0.717, 1.165) is 30.2 Å². The highest BCUT2D eigenvalue weighted by atomic mass is 32.2. The highest BCUT2D eigenvalue weighted by Gasteiger charge is 2.29. The van der Waals surface area contributed by atoms with Crippen LogP contribution in [0.15, 0.2) is 53.4 Å². The van der Waals surface area contributed by atoms with Gasteiger partial charge in [0.25, 0.3) is 5.91 Å². The van der Waals surface area contributed by atoms with Gasteiger partial charge in [0.2, 0.25) is 5.91 Å². The third kappa shape index (κ3) is 6.71. The van der Waals surface area contributed by atoms with Gasteiger partial charge in [0.05, 0.1) is 6.42 Å². The fraction of sp³-hybridized carbons (Fsp3) is 0.300. The fourth-order valence-electron chi connectivity index (χ4n) is 2.82. The zero-order chi connectivity index (χ0) is 20.9. The number of halogens is 3. The topological polar surface area (TPSA) is 49.4 Å². The number of thioether (sulfide) groups is 2. The summed E-state index contributed by atoms with van der Waals surface area (Å²) >= 11 is 1.62. The van der Waals surface area contributed by atoms with Crippen molar-refractivity contribution >= 4 is 41.0 Å². The number of amides is 2. The third-order valence-corrected chi connectivity index (χ3v) is 5.96. The predicted molar refractivity (Wildman–Crippen MR) is 110 cm³/mol. The summed E-state index contributed by atoms with van der Waals surface area (Å²) in [5.41, 5.74) is -2.69. The van der Waals surface area contributed by atoms with E-state index in [4.69, 9.17) is 0 Å². The van der Waals surface area contributed by atoms with Crippen LogP contribution in [0.1, 0.15) is 15.9 Å². The van der Waals surface area contributed by atoms with E-state index in [0.29, 0.717) is 12.1 Å². The zero-order valence-electron chi connectivity index (χ0n) is 15.4. The molecular weight excluding hydrogens is 421 g/mol. The molecule has 1 saturated heterocycles. The molecule has 0 aliphatic carbocycles. The van der Waals surface area contributed by atoms with Crippen molar-refractivity contribution < 1.29 is 22.8 Å². The van der Waals surface area contributed by atoms with E-state index in [1.807, 2.05) is 16.7 Å². The summed E-state index contributed by atoms with van der Waals surface area (Å²) < 4.78 is 37.1. The first-order valence-electron chi connectivity index (χ1n) is 8.92. The van der Waals surface area contributed by atoms with Crippen LogP contribution in [0, 0.1) is 0 Å². The number of hydrogen-bond donors (Lipinski definition) is 1. The van der Waals surface area contributed by atoms with Gasteiger partial charge in [-0.15, -0.1) is 0 Å². The molecule has 0 bridgehead atoms. The predicted octanol–water partition coefficient (Wildman–Crippen LogP) is 4.67. The molecule has 9 heteroatoms. The summed E-state index contributed by atoms with van der Waals surface area (Å²) in [5.74, 6) is 1.61. The Hall–Kier alpha value is -2.13. The van der Waals surface area contributed by atoms with Crippen LogP contribution in [0.2, 0.25) is 0 Å². The number of hydrogen-bond acceptors (Lipinski definition) is 4. The Labute approximate surface area is 175 Å². The van der Waals surface area contributed by atoms with Crippen molar-refractivity contribution in [1.82, 2.24) is 4.90 Å². The number of anilines is 1. The lowest BCUT2D eigenvalue weighted by Gasteiger charge is -2.26. The smallest absolute Gasteiger partial charge is 0.341 e. The molecule has 0 unspecified atom stereocenters. The molecule has 4 nitrogen and oxygen atoms in total. The van der Waals surface area contributed by atoms with Gasteiger partial charge in [-0.25, -0.2) is 0 Å². The van der Waals surface area contributed by atoms with E-state index >= 15 is 0 Å². The first-order valence-corrected chi connectivity index (χ1v) is 10.9. The van der Waals surface area contributed by atoms with Crippen molar-refractivity contribution in [3.05, 3.63) is 59.7 Å². The number of nitrogens with one attached hydrogen (secondary N) is 1. The second kappa shape index (κ2) is 9.58. The van der Waals surface area contributed by atoms with Crippen LogP contribution < -0.4 is 5.32 Å². The lowest BCUT2D eigenvalue weighted by Crippen LogP contribution is -2.38. The number of nitrogens with zero attached hydrogens (tertiary/aromatic N) is 1. The van der Waals surface area contributed by atoms with E-state index in [9.17, 15) is 22.8 Å². The fourth-order valence-corrected chi connectivity index (χ4v) is 4.26. The van der Waals surface area contributed by atoms with E-state index in [2.05, 4.69) is 5.32 Å². The zero-order valence-corrected chi connectivity index (χ0v) is 17.0. The molecule has 1 aliphatic rings. The second-order valence-electron chi connectivity index (χ2n) is 6.39. The summed E-state index contributed by atoms with van der Waals surface area (Å²) in [6, 6.07) is 12.2. The Morgan fingerprint density at radius 1 is 1.00 bits per heavy atom. The maximum atomic E-state index is 12.4. The van der Waals surface area contributed by atoms with E-state index in [1.165, 1.54) is 24.3 Å². The minimum absolute atomic E-state index is 0.0235. The normalized spacial score (nSPS) is 14.5. The lowest BCUT2D eigenvalue weighted by molar-refractivity contribution is -0.130. The van der Waals surface area contributed by atoms with Gasteiger partial charge in [-0.3, -0.25) is 9.59 Å². The van der Waals surface area contributed by atoms with Gasteiger partial charge in [-0.1, -0.05) is 12.1 Å². The lowest BCUT2D eigenvalue weighted by atomic mass is 10.1. The van der Waals surface area contributed by atoms with E-state index in [1.54, 1.807) is 24.3 Å². The largest absolute Gasteiger partial charge is 0.446 e. The van der Waals surface area contributed by atoms with Gasteiger partial charge in [0, 0.05) is 40.7 Å². The summed E-state index contributed by atoms with van der Waals surface area (Å²) in [6.45, 7) is 1.55. The van der Waals surface area contributed by atoms with Gasteiger partial charge in [0.1, 0.15) is 0 Å². The Kier molecular flexibility index (Phi) is 7.13. The summed E-state index contributed by atoms with van der Waals surface area (Å²) in [7, 11) is 0. The minimum atomic E-state index is -4.36. The Bertz CT molecular complexity index is 850. The molecule has 154 valence electrons. The molecule has 1 N–H and O–H groups in total. The van der Waals surface area contributed by atoms with Crippen LogP contribution in [-0.4, -0.2) is 46.8 Å². The molecule has 0 aromatic heterocycles. The number of alkyl halides is 3. The van der Waals surface area contributed by atoms with Crippen molar-refractivity contribution in [3.63, 3.8) is 0 Å². The number of carbonyl (C=O) groups excluding carboxylic acids is 2. The van der Waals surface area contributed by atoms with Crippen molar-refractivity contribution in [3.8, 4) is 0 Å². The van der Waals surface area contributed by atoms with Crippen LogP contribution in [0.4, 0.5) is 18.9 Å².